The quantitative estimate of drug-likeness (QED) is 0.0540. The molecule has 0 aliphatic rings. The van der Waals surface area contributed by atoms with E-state index < -0.39 is 17.7 Å². The molecule has 1 aromatic carbocycles. The number of para-hydroxylation sites is 1. The largest absolute Gasteiger partial charge is 0.455 e. The van der Waals surface area contributed by atoms with E-state index in [9.17, 15) is 9.59 Å². The third kappa shape index (κ3) is 25.6. The number of benzene rings is 1. The maximum atomic E-state index is 12.0. The van der Waals surface area contributed by atoms with Crippen LogP contribution in [0.25, 0.3) is 0 Å². The molecule has 0 N–H and O–H groups in total. The first-order valence-corrected chi connectivity index (χ1v) is 13.3. The van der Waals surface area contributed by atoms with E-state index in [1.54, 1.807) is 19.1 Å². The molecule has 1 unspecified atom stereocenters. The van der Waals surface area contributed by atoms with Crippen LogP contribution in [0.5, 0.6) is 5.75 Å². The fourth-order valence-corrected chi connectivity index (χ4v) is 2.77. The summed E-state index contributed by atoms with van der Waals surface area (Å²) < 4.78 is 11.4. The van der Waals surface area contributed by atoms with Crippen molar-refractivity contribution in [2.45, 2.75) is 77.9 Å². The highest BCUT2D eigenvalue weighted by atomic mass is 17.2. The molecular formula is C31H48O9. The van der Waals surface area contributed by atoms with Crippen molar-refractivity contribution in [1.29, 1.82) is 0 Å². The predicted octanol–water partition coefficient (Wildman–Crippen LogP) is 6.83. The van der Waals surface area contributed by atoms with Crippen LogP contribution >= 0.6 is 0 Å². The van der Waals surface area contributed by atoms with E-state index in [2.05, 4.69) is 40.9 Å². The second kappa shape index (κ2) is 29.3. The maximum absolute atomic E-state index is 12.0. The van der Waals surface area contributed by atoms with E-state index in [-0.39, 0.29) is 37.6 Å². The van der Waals surface area contributed by atoms with Crippen LogP contribution in [-0.4, -0.2) is 44.2 Å². The molecule has 1 rings (SSSR count). The van der Waals surface area contributed by atoms with Crippen molar-refractivity contribution in [3.8, 4) is 5.75 Å². The molecule has 9 nitrogen and oxygen atoms in total. The molecule has 0 spiro atoms. The van der Waals surface area contributed by atoms with Crippen molar-refractivity contribution in [2.24, 2.45) is 0 Å². The van der Waals surface area contributed by atoms with Gasteiger partial charge in [-0.2, -0.15) is 0 Å². The molecule has 0 aliphatic heterocycles. The molecule has 0 fully saturated rings. The van der Waals surface area contributed by atoms with Gasteiger partial charge in [0.2, 0.25) is 0 Å². The molecule has 0 aliphatic carbocycles. The smallest absolute Gasteiger partial charge is 0.368 e. The Balaban J connectivity index is -0.00000133. The van der Waals surface area contributed by atoms with Gasteiger partial charge in [0.05, 0.1) is 19.8 Å². The molecule has 1 aromatic rings. The van der Waals surface area contributed by atoms with Crippen molar-refractivity contribution in [3.63, 3.8) is 0 Å². The van der Waals surface area contributed by atoms with E-state index in [4.69, 9.17) is 34.6 Å². The SMILES string of the molecule is C=C(C)C(=O)OCC(CCCCCCCCC)(OOC(=O)C(=C)C)Oc1ccccc1.[CH2]C[O].[CH2]C[O].[CH2]C[O]. The van der Waals surface area contributed by atoms with E-state index in [1.807, 2.05) is 18.2 Å². The van der Waals surface area contributed by atoms with Gasteiger partial charge in [-0.25, -0.2) is 24.9 Å². The Morgan fingerprint density at radius 3 is 1.65 bits per heavy atom. The fraction of sp³-hybridized carbons (Fsp3) is 0.516. The van der Waals surface area contributed by atoms with Gasteiger partial charge in [-0.15, -0.1) is 4.89 Å². The monoisotopic (exact) mass is 564 g/mol. The molecule has 9 heteroatoms. The Hall–Kier alpha value is -2.72. The van der Waals surface area contributed by atoms with Gasteiger partial charge in [-0.3, -0.25) is 4.89 Å². The van der Waals surface area contributed by atoms with Crippen LogP contribution in [0.15, 0.2) is 54.6 Å². The minimum absolute atomic E-state index is 0.184. The number of ether oxygens (including phenoxy) is 2. The highest BCUT2D eigenvalue weighted by molar-refractivity contribution is 5.87. The summed E-state index contributed by atoms with van der Waals surface area (Å²) in [5, 5.41) is 26.5. The third-order valence-electron chi connectivity index (χ3n) is 4.60. The van der Waals surface area contributed by atoms with Gasteiger partial charge < -0.3 is 9.47 Å². The first-order valence-electron chi connectivity index (χ1n) is 13.3. The lowest BCUT2D eigenvalue weighted by Crippen LogP contribution is -2.45. The molecule has 226 valence electrons. The van der Waals surface area contributed by atoms with Gasteiger partial charge in [0.15, 0.2) is 6.61 Å². The predicted molar refractivity (Wildman–Crippen MR) is 153 cm³/mol. The lowest BCUT2D eigenvalue weighted by atomic mass is 10.0. The van der Waals surface area contributed by atoms with E-state index >= 15 is 0 Å². The molecular weight excluding hydrogens is 516 g/mol. The van der Waals surface area contributed by atoms with Gasteiger partial charge in [-0.05, 0) is 53.2 Å². The van der Waals surface area contributed by atoms with Gasteiger partial charge in [-0.1, -0.05) is 76.8 Å². The zero-order valence-corrected chi connectivity index (χ0v) is 24.6. The average molecular weight is 565 g/mol. The van der Waals surface area contributed by atoms with Crippen LogP contribution in [0.3, 0.4) is 0 Å². The summed E-state index contributed by atoms with van der Waals surface area (Å²) in [5.74, 6) is -2.27. The zero-order chi connectivity index (χ0) is 31.2. The van der Waals surface area contributed by atoms with Crippen LogP contribution in [0.2, 0.25) is 0 Å². The van der Waals surface area contributed by atoms with Gasteiger partial charge >= 0.3 is 11.9 Å². The van der Waals surface area contributed by atoms with Crippen LogP contribution in [0.1, 0.15) is 72.1 Å². The highest BCUT2D eigenvalue weighted by Gasteiger charge is 2.38. The molecule has 1 atom stereocenters. The minimum atomic E-state index is -1.49. The Kier molecular flexibility index (Phi) is 30.6. The molecule has 0 heterocycles. The van der Waals surface area contributed by atoms with Gasteiger partial charge in [0, 0.05) is 17.6 Å². The normalized spacial score (nSPS) is 11.0. The number of esters is 1. The number of hydrogen-bond donors (Lipinski definition) is 0. The van der Waals surface area contributed by atoms with Crippen molar-refractivity contribution in [2.75, 3.05) is 26.4 Å². The topological polar surface area (TPSA) is 131 Å². The fourth-order valence-electron chi connectivity index (χ4n) is 2.77. The first-order chi connectivity index (χ1) is 19.0. The van der Waals surface area contributed by atoms with Crippen LogP contribution in [0, 0.1) is 20.8 Å². The average Bonchev–Trinajstić information content (AvgIpc) is 2.91. The molecule has 0 amide bonds. The maximum Gasteiger partial charge on any atom is 0.368 e. The standard InChI is InChI=1S/C25H36O6.3C2H4O/c1-6-7-8-9-10-11-15-18-25(19-28-23(26)20(2)3,31-30-24(27)21(4)5)29-22-16-13-12-14-17-22;3*1-2-3/h12-14,16-17H,2,4,6-11,15,18-19H2,1,3,5H3;3*1-2H2. The summed E-state index contributed by atoms with van der Waals surface area (Å²) in [6.07, 6.45) is 7.95. The summed E-state index contributed by atoms with van der Waals surface area (Å²) >= 11 is 0. The summed E-state index contributed by atoms with van der Waals surface area (Å²) in [4.78, 5) is 34.4. The Morgan fingerprint density at radius 1 is 0.750 bits per heavy atom. The van der Waals surface area contributed by atoms with Crippen molar-refractivity contribution >= 4 is 11.9 Å². The summed E-state index contributed by atoms with van der Waals surface area (Å²) in [6, 6.07) is 8.99. The minimum Gasteiger partial charge on any atom is -0.455 e. The van der Waals surface area contributed by atoms with Crippen LogP contribution in [0.4, 0.5) is 0 Å². The number of unbranched alkanes of at least 4 members (excludes halogenated alkanes) is 6. The molecule has 0 bridgehead atoms. The van der Waals surface area contributed by atoms with Crippen molar-refractivity contribution in [1.82, 2.24) is 0 Å². The van der Waals surface area contributed by atoms with E-state index in [1.165, 1.54) is 26.2 Å². The van der Waals surface area contributed by atoms with Crippen LogP contribution in [-0.2, 0) is 39.4 Å². The number of rotatable bonds is 16. The lowest BCUT2D eigenvalue weighted by molar-refractivity contribution is -0.391. The second-order valence-electron chi connectivity index (χ2n) is 8.40. The summed E-state index contributed by atoms with van der Waals surface area (Å²) in [6.45, 7) is 20.2. The third-order valence-corrected chi connectivity index (χ3v) is 4.60. The number of carbonyl (C=O) groups is 2. The lowest BCUT2D eigenvalue weighted by Gasteiger charge is -2.31. The van der Waals surface area contributed by atoms with E-state index in [0.29, 0.717) is 12.2 Å². The molecule has 0 saturated heterocycles. The molecule has 0 aromatic heterocycles. The Labute approximate surface area is 241 Å². The molecule has 0 saturated carbocycles. The molecule has 40 heavy (non-hydrogen) atoms. The summed E-state index contributed by atoms with van der Waals surface area (Å²) in [5.41, 5.74) is 0.437. The van der Waals surface area contributed by atoms with Crippen molar-refractivity contribution < 1.29 is 44.2 Å². The van der Waals surface area contributed by atoms with Crippen LogP contribution < -0.4 is 4.74 Å². The number of carbonyl (C=O) groups excluding carboxylic acids is 2. The van der Waals surface area contributed by atoms with Crippen molar-refractivity contribution in [3.05, 3.63) is 75.4 Å². The highest BCUT2D eigenvalue weighted by Crippen LogP contribution is 2.27. The molecule has 6 radical (unpaired) electrons. The zero-order valence-electron chi connectivity index (χ0n) is 24.6. The van der Waals surface area contributed by atoms with E-state index in [0.717, 1.165) is 25.7 Å². The Morgan fingerprint density at radius 2 is 1.20 bits per heavy atom. The summed E-state index contributed by atoms with van der Waals surface area (Å²) in [7, 11) is 0. The first kappa shape index (κ1) is 41.8. The van der Waals surface area contributed by atoms with Gasteiger partial charge in [0.25, 0.3) is 5.79 Å². The van der Waals surface area contributed by atoms with Gasteiger partial charge in [0.1, 0.15) is 5.75 Å². The number of hydrogen-bond acceptors (Lipinski definition) is 6. The second-order valence-corrected chi connectivity index (χ2v) is 8.40. The Bertz CT molecular complexity index is 729.